The Labute approximate surface area is 175 Å². The number of nitrogens with two attached hydrogens (primary N) is 1. The zero-order chi connectivity index (χ0) is 20.0. The van der Waals surface area contributed by atoms with Gasteiger partial charge < -0.3 is 11.1 Å². The molecule has 1 aliphatic rings. The summed E-state index contributed by atoms with van der Waals surface area (Å²) in [6.45, 7) is 1.84. The summed E-state index contributed by atoms with van der Waals surface area (Å²) in [5, 5.41) is 20.4. The number of nitrogens with one attached hydrogen (secondary N) is 1. The largest absolute Gasteiger partial charge is 0.383 e. The van der Waals surface area contributed by atoms with E-state index in [2.05, 4.69) is 30.9 Å². The number of aromatic nitrogens is 7. The van der Waals surface area contributed by atoms with Crippen molar-refractivity contribution in [1.29, 1.82) is 0 Å². The van der Waals surface area contributed by atoms with Gasteiger partial charge in [0.2, 0.25) is 0 Å². The molecule has 0 amide bonds. The van der Waals surface area contributed by atoms with Crippen LogP contribution in [0, 0.1) is 0 Å². The van der Waals surface area contributed by atoms with Gasteiger partial charge in [-0.05, 0) is 28.6 Å². The number of hydrogen-bond acceptors (Lipinski definition) is 7. The Kier molecular flexibility index (Phi) is 4.42. The standard InChI is InChI=1S/C18H15Cl2N9/c19-14-2-1-3-15(16(14)20)29-18(25-26-27-29)13-4-10(5-23-17(13)21)11-6-24-28(9-11)12-7-22-8-12/h1-6,9,12,22H,7-8H2,(H2,21,23). The van der Waals surface area contributed by atoms with Gasteiger partial charge in [-0.2, -0.15) is 9.78 Å². The first-order valence-electron chi connectivity index (χ1n) is 8.85. The maximum atomic E-state index is 6.35. The third-order valence-electron chi connectivity index (χ3n) is 4.86. The molecule has 1 fully saturated rings. The Morgan fingerprint density at radius 1 is 1.14 bits per heavy atom. The number of tetrazole rings is 1. The number of nitrogens with zero attached hydrogens (tertiary/aromatic N) is 7. The maximum Gasteiger partial charge on any atom is 0.190 e. The van der Waals surface area contributed by atoms with Crippen molar-refractivity contribution in [2.45, 2.75) is 6.04 Å². The molecule has 3 aromatic heterocycles. The molecule has 1 aromatic carbocycles. The number of anilines is 1. The predicted octanol–water partition coefficient (Wildman–Crippen LogP) is 2.62. The summed E-state index contributed by atoms with van der Waals surface area (Å²) < 4.78 is 3.45. The molecule has 0 saturated carbocycles. The number of nitrogen functional groups attached to an aromatic ring is 1. The molecule has 29 heavy (non-hydrogen) atoms. The van der Waals surface area contributed by atoms with E-state index in [9.17, 15) is 0 Å². The molecule has 11 heteroatoms. The number of benzene rings is 1. The Morgan fingerprint density at radius 3 is 2.79 bits per heavy atom. The number of rotatable bonds is 4. The van der Waals surface area contributed by atoms with E-state index in [0.29, 0.717) is 39.0 Å². The summed E-state index contributed by atoms with van der Waals surface area (Å²) in [6.07, 6.45) is 5.52. The average Bonchev–Trinajstić information content (AvgIpc) is 3.33. The van der Waals surface area contributed by atoms with Crippen molar-refractivity contribution in [2.24, 2.45) is 0 Å². The predicted molar refractivity (Wildman–Crippen MR) is 110 cm³/mol. The van der Waals surface area contributed by atoms with Crippen molar-refractivity contribution in [3.63, 3.8) is 0 Å². The van der Waals surface area contributed by atoms with Gasteiger partial charge in [-0.3, -0.25) is 4.68 Å². The minimum atomic E-state index is 0.304. The molecule has 0 aliphatic carbocycles. The molecule has 1 saturated heterocycles. The average molecular weight is 428 g/mol. The van der Waals surface area contributed by atoms with Gasteiger partial charge in [0.1, 0.15) is 5.82 Å². The van der Waals surface area contributed by atoms with Crippen LogP contribution in [0.4, 0.5) is 5.82 Å². The minimum Gasteiger partial charge on any atom is -0.383 e. The van der Waals surface area contributed by atoms with E-state index in [1.165, 1.54) is 4.68 Å². The van der Waals surface area contributed by atoms with Gasteiger partial charge in [-0.1, -0.05) is 29.3 Å². The van der Waals surface area contributed by atoms with Gasteiger partial charge in [0.15, 0.2) is 5.82 Å². The lowest BCUT2D eigenvalue weighted by atomic mass is 10.1. The van der Waals surface area contributed by atoms with Gasteiger partial charge in [-0.15, -0.1) is 5.10 Å². The molecule has 9 nitrogen and oxygen atoms in total. The molecule has 0 radical (unpaired) electrons. The molecule has 0 spiro atoms. The second kappa shape index (κ2) is 7.11. The highest BCUT2D eigenvalue weighted by atomic mass is 35.5. The lowest BCUT2D eigenvalue weighted by Crippen LogP contribution is -2.43. The van der Waals surface area contributed by atoms with Crippen LogP contribution in [0.3, 0.4) is 0 Å². The normalized spacial score (nSPS) is 14.1. The second-order valence-corrected chi connectivity index (χ2v) is 7.45. The fourth-order valence-electron chi connectivity index (χ4n) is 3.13. The Morgan fingerprint density at radius 2 is 2.00 bits per heavy atom. The molecule has 4 aromatic rings. The minimum absolute atomic E-state index is 0.304. The van der Waals surface area contributed by atoms with Crippen LogP contribution in [0.25, 0.3) is 28.2 Å². The molecule has 0 atom stereocenters. The molecule has 5 rings (SSSR count). The Hall–Kier alpha value is -3.01. The first kappa shape index (κ1) is 18.0. The monoisotopic (exact) mass is 427 g/mol. The zero-order valence-electron chi connectivity index (χ0n) is 15.0. The summed E-state index contributed by atoms with van der Waals surface area (Å²) in [7, 11) is 0. The number of hydrogen-bond donors (Lipinski definition) is 2. The van der Waals surface area contributed by atoms with Crippen molar-refractivity contribution in [3.05, 3.63) is 52.9 Å². The molecule has 3 N–H and O–H groups in total. The second-order valence-electron chi connectivity index (χ2n) is 6.67. The number of pyridine rings is 1. The van der Waals surface area contributed by atoms with Crippen LogP contribution in [0.5, 0.6) is 0 Å². The van der Waals surface area contributed by atoms with E-state index in [1.54, 1.807) is 24.4 Å². The molecule has 1 aliphatic heterocycles. The number of halogens is 2. The fraction of sp³-hybridized carbons (Fsp3) is 0.167. The fourth-order valence-corrected chi connectivity index (χ4v) is 3.51. The van der Waals surface area contributed by atoms with E-state index >= 15 is 0 Å². The van der Waals surface area contributed by atoms with Gasteiger partial charge in [0.05, 0.1) is 33.5 Å². The highest BCUT2D eigenvalue weighted by Gasteiger charge is 2.21. The van der Waals surface area contributed by atoms with Gasteiger partial charge >= 0.3 is 0 Å². The van der Waals surface area contributed by atoms with Crippen LogP contribution in [-0.2, 0) is 0 Å². The van der Waals surface area contributed by atoms with E-state index in [-0.39, 0.29) is 0 Å². The van der Waals surface area contributed by atoms with Crippen molar-refractivity contribution >= 4 is 29.0 Å². The summed E-state index contributed by atoms with van der Waals surface area (Å²) in [5.74, 6) is 0.718. The third kappa shape index (κ3) is 3.13. The first-order valence-corrected chi connectivity index (χ1v) is 9.61. The molecule has 4 heterocycles. The highest BCUT2D eigenvalue weighted by molar-refractivity contribution is 6.43. The van der Waals surface area contributed by atoms with Crippen LogP contribution in [0.2, 0.25) is 10.0 Å². The topological polar surface area (TPSA) is 112 Å². The first-order chi connectivity index (χ1) is 14.1. The molecule has 146 valence electrons. The molecular weight excluding hydrogens is 413 g/mol. The lowest BCUT2D eigenvalue weighted by molar-refractivity contribution is 0.318. The molecule has 0 unspecified atom stereocenters. The van der Waals surface area contributed by atoms with Crippen LogP contribution in [0.15, 0.2) is 42.9 Å². The van der Waals surface area contributed by atoms with Crippen molar-refractivity contribution in [1.82, 2.24) is 40.3 Å². The lowest BCUT2D eigenvalue weighted by Gasteiger charge is -2.27. The molecule has 0 bridgehead atoms. The Bertz CT molecular complexity index is 1200. The smallest absolute Gasteiger partial charge is 0.190 e. The summed E-state index contributed by atoms with van der Waals surface area (Å²) in [5.41, 5.74) is 9.08. The van der Waals surface area contributed by atoms with Crippen LogP contribution in [0.1, 0.15) is 6.04 Å². The van der Waals surface area contributed by atoms with Gasteiger partial charge in [0.25, 0.3) is 0 Å². The van der Waals surface area contributed by atoms with E-state index in [0.717, 1.165) is 24.2 Å². The summed E-state index contributed by atoms with van der Waals surface area (Å²) in [6, 6.07) is 7.52. The van der Waals surface area contributed by atoms with E-state index < -0.39 is 0 Å². The summed E-state index contributed by atoms with van der Waals surface area (Å²) in [4.78, 5) is 4.33. The van der Waals surface area contributed by atoms with Gasteiger partial charge in [-0.25, -0.2) is 4.98 Å². The van der Waals surface area contributed by atoms with Gasteiger partial charge in [0, 0.05) is 36.6 Å². The summed E-state index contributed by atoms with van der Waals surface area (Å²) >= 11 is 12.5. The van der Waals surface area contributed by atoms with Crippen LogP contribution in [-0.4, -0.2) is 48.1 Å². The quantitative estimate of drug-likeness (QED) is 0.514. The van der Waals surface area contributed by atoms with E-state index in [4.69, 9.17) is 28.9 Å². The maximum absolute atomic E-state index is 6.35. The van der Waals surface area contributed by atoms with Crippen molar-refractivity contribution in [2.75, 3.05) is 18.8 Å². The van der Waals surface area contributed by atoms with Crippen molar-refractivity contribution < 1.29 is 0 Å². The van der Waals surface area contributed by atoms with Crippen LogP contribution >= 0.6 is 23.2 Å². The molecular formula is C18H15Cl2N9. The highest BCUT2D eigenvalue weighted by Crippen LogP contribution is 2.33. The Balaban J connectivity index is 1.58. The van der Waals surface area contributed by atoms with Crippen molar-refractivity contribution in [3.8, 4) is 28.2 Å². The third-order valence-corrected chi connectivity index (χ3v) is 5.67. The van der Waals surface area contributed by atoms with E-state index in [1.807, 2.05) is 23.1 Å². The zero-order valence-corrected chi connectivity index (χ0v) is 16.5. The SMILES string of the molecule is Nc1ncc(-c2cnn(C3CNC3)c2)cc1-c1nnnn1-c1cccc(Cl)c1Cl. The van der Waals surface area contributed by atoms with Crippen LogP contribution < -0.4 is 11.1 Å².